The molecule has 172 valence electrons. The molecule has 2 aromatic carbocycles. The van der Waals surface area contributed by atoms with E-state index in [4.69, 9.17) is 32.7 Å². The maximum absolute atomic E-state index is 6.31. The van der Waals surface area contributed by atoms with Gasteiger partial charge in [-0.05, 0) is 108 Å². The molecule has 6 rings (SSSR count). The highest BCUT2D eigenvalue weighted by atomic mass is 79.9. The maximum atomic E-state index is 6.31. The molecule has 0 spiro atoms. The number of rotatable bonds is 8. The molecule has 0 heterocycles. The van der Waals surface area contributed by atoms with E-state index in [1.165, 1.54) is 37.7 Å². The average Bonchev–Trinajstić information content (AvgIpc) is 2.74. The van der Waals surface area contributed by atoms with Crippen LogP contribution in [0.25, 0.3) is 0 Å². The molecule has 4 bridgehead atoms. The third-order valence-electron chi connectivity index (χ3n) is 7.56. The van der Waals surface area contributed by atoms with E-state index < -0.39 is 0 Å². The zero-order chi connectivity index (χ0) is 22.2. The monoisotopic (exact) mass is 537 g/mol. The smallest absolute Gasteiger partial charge is 0.175 e. The van der Waals surface area contributed by atoms with Crippen molar-refractivity contribution in [2.45, 2.75) is 58.2 Å². The lowest BCUT2D eigenvalue weighted by molar-refractivity contribution is -0.0142. The van der Waals surface area contributed by atoms with Gasteiger partial charge in [0, 0.05) is 28.2 Å². The third-order valence-corrected chi connectivity index (χ3v) is 8.86. The van der Waals surface area contributed by atoms with Gasteiger partial charge in [-0.25, -0.2) is 0 Å². The molecular weight excluding hydrogens is 509 g/mol. The molecule has 4 fully saturated rings. The Bertz CT molecular complexity index is 934. The molecule has 32 heavy (non-hydrogen) atoms. The molecule has 4 aliphatic carbocycles. The number of ether oxygens (including phenoxy) is 2. The highest BCUT2D eigenvalue weighted by Gasteiger charge is 2.47. The first kappa shape index (κ1) is 22.8. The molecule has 4 aliphatic rings. The summed E-state index contributed by atoms with van der Waals surface area (Å²) in [6.07, 6.45) is 7.20. The summed E-state index contributed by atoms with van der Waals surface area (Å²) >= 11 is 16.3. The molecule has 0 radical (unpaired) electrons. The normalized spacial score (nSPS) is 28.2. The minimum atomic E-state index is 0.280. The highest BCUT2D eigenvalue weighted by Crippen LogP contribution is 2.53. The molecule has 0 aromatic heterocycles. The fourth-order valence-corrected chi connectivity index (χ4v) is 7.55. The molecule has 1 N–H and O–H groups in total. The Morgan fingerprint density at radius 2 is 1.62 bits per heavy atom. The second-order valence-corrected chi connectivity index (χ2v) is 11.3. The summed E-state index contributed by atoms with van der Waals surface area (Å²) in [5, 5.41) is 5.12. The Morgan fingerprint density at radius 1 is 0.969 bits per heavy atom. The van der Waals surface area contributed by atoms with Gasteiger partial charge in [-0.3, -0.25) is 0 Å². The molecule has 0 aliphatic heterocycles. The highest BCUT2D eigenvalue weighted by molar-refractivity contribution is 9.10. The SMILES string of the molecule is CCOc1cc(CNC2C3CC4CC(C3)CC2C4)cc(Br)c1OCc1c(Cl)cccc1Cl. The van der Waals surface area contributed by atoms with E-state index in [0.717, 1.165) is 46.0 Å². The van der Waals surface area contributed by atoms with Crippen LogP contribution < -0.4 is 14.8 Å². The summed E-state index contributed by atoms with van der Waals surface area (Å²) in [5.74, 6) is 5.15. The summed E-state index contributed by atoms with van der Waals surface area (Å²) in [6, 6.07) is 10.4. The molecule has 2 aromatic rings. The molecule has 0 unspecified atom stereocenters. The Labute approximate surface area is 209 Å². The molecule has 0 amide bonds. The predicted octanol–water partition coefficient (Wildman–Crippen LogP) is 7.65. The number of hydrogen-bond donors (Lipinski definition) is 1. The third kappa shape index (κ3) is 4.66. The molecule has 0 saturated heterocycles. The van der Waals surface area contributed by atoms with Crippen molar-refractivity contribution in [3.63, 3.8) is 0 Å². The van der Waals surface area contributed by atoms with Gasteiger partial charge in [-0.1, -0.05) is 29.3 Å². The molecule has 0 atom stereocenters. The van der Waals surface area contributed by atoms with Crippen LogP contribution in [0.15, 0.2) is 34.8 Å². The zero-order valence-corrected chi connectivity index (χ0v) is 21.5. The number of nitrogens with one attached hydrogen (secondary N) is 1. The van der Waals surface area contributed by atoms with E-state index in [0.29, 0.717) is 28.4 Å². The molecular formula is C26H30BrCl2NO2. The summed E-state index contributed by atoms with van der Waals surface area (Å²) in [6.45, 7) is 3.69. The van der Waals surface area contributed by atoms with E-state index >= 15 is 0 Å². The lowest BCUT2D eigenvalue weighted by atomic mass is 9.54. The predicted molar refractivity (Wildman–Crippen MR) is 134 cm³/mol. The van der Waals surface area contributed by atoms with Gasteiger partial charge in [-0.15, -0.1) is 0 Å². The van der Waals surface area contributed by atoms with Crippen molar-refractivity contribution >= 4 is 39.1 Å². The van der Waals surface area contributed by atoms with Gasteiger partial charge in [0.25, 0.3) is 0 Å². The minimum absolute atomic E-state index is 0.280. The van der Waals surface area contributed by atoms with Gasteiger partial charge >= 0.3 is 0 Å². The largest absolute Gasteiger partial charge is 0.490 e. The van der Waals surface area contributed by atoms with Gasteiger partial charge in [0.1, 0.15) is 6.61 Å². The molecule has 6 heteroatoms. The summed E-state index contributed by atoms with van der Waals surface area (Å²) < 4.78 is 13.0. The van der Waals surface area contributed by atoms with Gasteiger partial charge in [0.2, 0.25) is 0 Å². The van der Waals surface area contributed by atoms with Crippen molar-refractivity contribution < 1.29 is 9.47 Å². The summed E-state index contributed by atoms with van der Waals surface area (Å²) in [4.78, 5) is 0. The van der Waals surface area contributed by atoms with Crippen LogP contribution in [0.4, 0.5) is 0 Å². The van der Waals surface area contributed by atoms with Gasteiger partial charge in [0.15, 0.2) is 11.5 Å². The number of halogens is 3. The first-order valence-electron chi connectivity index (χ1n) is 11.8. The summed E-state index contributed by atoms with van der Waals surface area (Å²) in [7, 11) is 0. The van der Waals surface area contributed by atoms with E-state index in [1.54, 1.807) is 0 Å². The van der Waals surface area contributed by atoms with Crippen LogP contribution in [-0.4, -0.2) is 12.6 Å². The van der Waals surface area contributed by atoms with Crippen molar-refractivity contribution in [3.05, 3.63) is 56.0 Å². The van der Waals surface area contributed by atoms with Crippen molar-refractivity contribution in [1.82, 2.24) is 5.32 Å². The first-order chi connectivity index (χ1) is 15.5. The first-order valence-corrected chi connectivity index (χ1v) is 13.3. The topological polar surface area (TPSA) is 30.5 Å². The molecule has 3 nitrogen and oxygen atoms in total. The van der Waals surface area contributed by atoms with E-state index in [-0.39, 0.29) is 6.61 Å². The lowest BCUT2D eigenvalue weighted by Gasteiger charge is -2.54. The van der Waals surface area contributed by atoms with E-state index in [9.17, 15) is 0 Å². The standard InChI is InChI=1S/C26H30BrCl2NO2/c1-2-31-24-12-17(13-30-25-18-7-15-6-16(9-18)10-19(25)8-15)11-21(27)26(24)32-14-20-22(28)4-3-5-23(20)29/h3-5,11-12,15-16,18-19,25,30H,2,6-10,13-14H2,1H3. The van der Waals surface area contributed by atoms with E-state index in [1.807, 2.05) is 25.1 Å². The number of hydrogen-bond acceptors (Lipinski definition) is 3. The average molecular weight is 539 g/mol. The van der Waals surface area contributed by atoms with Crippen molar-refractivity contribution in [2.75, 3.05) is 6.61 Å². The van der Waals surface area contributed by atoms with Gasteiger partial charge < -0.3 is 14.8 Å². The maximum Gasteiger partial charge on any atom is 0.175 e. The van der Waals surface area contributed by atoms with Crippen LogP contribution in [0.5, 0.6) is 11.5 Å². The fraction of sp³-hybridized carbons (Fsp3) is 0.538. The number of benzene rings is 2. The zero-order valence-electron chi connectivity index (χ0n) is 18.4. The van der Waals surface area contributed by atoms with Crippen LogP contribution >= 0.6 is 39.1 Å². The van der Waals surface area contributed by atoms with Crippen LogP contribution in [0.1, 0.15) is 50.2 Å². The molecule has 4 saturated carbocycles. The van der Waals surface area contributed by atoms with Crippen LogP contribution in [0.3, 0.4) is 0 Å². The minimum Gasteiger partial charge on any atom is -0.490 e. The van der Waals surface area contributed by atoms with Crippen molar-refractivity contribution in [1.29, 1.82) is 0 Å². The van der Waals surface area contributed by atoms with Crippen LogP contribution in [-0.2, 0) is 13.2 Å². The second-order valence-electron chi connectivity index (χ2n) is 9.66. The lowest BCUT2D eigenvalue weighted by Crippen LogP contribution is -2.54. The van der Waals surface area contributed by atoms with Gasteiger partial charge in [-0.2, -0.15) is 0 Å². The van der Waals surface area contributed by atoms with Crippen LogP contribution in [0, 0.1) is 23.7 Å². The van der Waals surface area contributed by atoms with Crippen molar-refractivity contribution in [3.8, 4) is 11.5 Å². The fourth-order valence-electron chi connectivity index (χ4n) is 6.44. The Hall–Kier alpha value is -0.940. The Morgan fingerprint density at radius 3 is 2.25 bits per heavy atom. The summed E-state index contributed by atoms with van der Waals surface area (Å²) in [5.41, 5.74) is 1.98. The second kappa shape index (κ2) is 9.74. The van der Waals surface area contributed by atoms with Gasteiger partial charge in [0.05, 0.1) is 11.1 Å². The van der Waals surface area contributed by atoms with E-state index in [2.05, 4.69) is 33.4 Å². The van der Waals surface area contributed by atoms with Crippen molar-refractivity contribution in [2.24, 2.45) is 23.7 Å². The van der Waals surface area contributed by atoms with Crippen LogP contribution in [0.2, 0.25) is 10.0 Å². The Kier molecular flexibility index (Phi) is 6.95. The quantitative estimate of drug-likeness (QED) is 0.374. The Balaban J connectivity index is 1.29.